The van der Waals surface area contributed by atoms with Crippen molar-refractivity contribution in [3.8, 4) is 0 Å². The summed E-state index contributed by atoms with van der Waals surface area (Å²) in [5, 5.41) is 18.5. The Balaban J connectivity index is 2.52. The molecule has 0 unspecified atom stereocenters. The summed E-state index contributed by atoms with van der Waals surface area (Å²) in [5.74, 6) is -0.975. The number of likely N-dealkylation sites (tertiary alicyclic amines) is 1. The molecule has 0 aromatic carbocycles. The molecular formula is C11H18N2O5. The highest BCUT2D eigenvalue weighted by atomic mass is 16.6. The maximum Gasteiger partial charge on any atom is 0.410 e. The number of aliphatic hydroxyl groups excluding tert-OH is 1. The Morgan fingerprint density at radius 2 is 2.22 bits per heavy atom. The Bertz CT molecular complexity index is 333. The molecule has 0 aromatic heterocycles. The van der Waals surface area contributed by atoms with Gasteiger partial charge in [-0.15, -0.1) is 0 Å². The summed E-state index contributed by atoms with van der Waals surface area (Å²) >= 11 is 0. The first-order chi connectivity index (χ1) is 8.45. The van der Waals surface area contributed by atoms with Gasteiger partial charge in [-0.05, 0) is 7.05 Å². The van der Waals surface area contributed by atoms with Gasteiger partial charge in [0.1, 0.15) is 6.61 Å². The Hall–Kier alpha value is -1.60. The van der Waals surface area contributed by atoms with Gasteiger partial charge in [-0.3, -0.25) is 9.69 Å². The maximum absolute atomic E-state index is 11.6. The summed E-state index contributed by atoms with van der Waals surface area (Å²) in [6, 6.07) is -0.391. The third-order valence-corrected chi connectivity index (χ3v) is 2.79. The minimum absolute atomic E-state index is 0.112. The number of rotatable bonds is 5. The summed E-state index contributed by atoms with van der Waals surface area (Å²) in [4.78, 5) is 25.0. The van der Waals surface area contributed by atoms with Gasteiger partial charge in [0, 0.05) is 6.54 Å². The van der Waals surface area contributed by atoms with Crippen LogP contribution in [0.1, 0.15) is 0 Å². The van der Waals surface area contributed by atoms with Crippen LogP contribution in [0.5, 0.6) is 0 Å². The average Bonchev–Trinajstić information content (AvgIpc) is 2.67. The van der Waals surface area contributed by atoms with Gasteiger partial charge < -0.3 is 19.8 Å². The van der Waals surface area contributed by atoms with Crippen molar-refractivity contribution in [2.24, 2.45) is 0 Å². The number of aliphatic carboxylic acids is 1. The lowest BCUT2D eigenvalue weighted by atomic mass is 10.2. The maximum atomic E-state index is 11.6. The van der Waals surface area contributed by atoms with Crippen LogP contribution in [0.3, 0.4) is 0 Å². The van der Waals surface area contributed by atoms with Gasteiger partial charge in [0.15, 0.2) is 0 Å². The van der Waals surface area contributed by atoms with E-state index in [0.717, 1.165) is 0 Å². The molecule has 0 spiro atoms. The molecule has 0 aromatic rings. The van der Waals surface area contributed by atoms with E-state index in [1.54, 1.807) is 7.05 Å². The van der Waals surface area contributed by atoms with Gasteiger partial charge in [-0.25, -0.2) is 4.79 Å². The monoisotopic (exact) mass is 258 g/mol. The van der Waals surface area contributed by atoms with Crippen LogP contribution >= 0.6 is 0 Å². The topological polar surface area (TPSA) is 90.3 Å². The number of carbonyl (C=O) groups is 2. The van der Waals surface area contributed by atoms with Crippen molar-refractivity contribution in [1.29, 1.82) is 0 Å². The number of carbonyl (C=O) groups excluding carboxylic acids is 1. The number of amides is 1. The SMILES string of the molecule is C=CCOC(=O)N1C[C@@H](O)[C@H](N(C)CC(=O)O)C1. The Morgan fingerprint density at radius 1 is 1.56 bits per heavy atom. The molecule has 0 bridgehead atoms. The molecule has 1 heterocycles. The predicted molar refractivity (Wildman–Crippen MR) is 63.2 cm³/mol. The van der Waals surface area contributed by atoms with Crippen LogP contribution in [0.2, 0.25) is 0 Å². The second-order valence-corrected chi connectivity index (χ2v) is 4.21. The van der Waals surface area contributed by atoms with Crippen LogP contribution in [-0.2, 0) is 9.53 Å². The summed E-state index contributed by atoms with van der Waals surface area (Å²) in [6.07, 6.45) is 0.157. The fraction of sp³-hybridized carbons (Fsp3) is 0.636. The van der Waals surface area contributed by atoms with Crippen LogP contribution in [0.4, 0.5) is 4.79 Å². The highest BCUT2D eigenvalue weighted by Gasteiger charge is 2.37. The molecule has 1 aliphatic heterocycles. The van der Waals surface area contributed by atoms with E-state index in [1.807, 2.05) is 0 Å². The van der Waals surface area contributed by atoms with Gasteiger partial charge in [-0.1, -0.05) is 12.7 Å². The molecule has 18 heavy (non-hydrogen) atoms. The first-order valence-electron chi connectivity index (χ1n) is 5.58. The Kier molecular flexibility index (Phi) is 5.11. The molecule has 1 saturated heterocycles. The summed E-state index contributed by atoms with van der Waals surface area (Å²) in [7, 11) is 1.60. The van der Waals surface area contributed by atoms with Crippen LogP contribution in [0.25, 0.3) is 0 Å². The van der Waals surface area contributed by atoms with Gasteiger partial charge in [0.2, 0.25) is 0 Å². The largest absolute Gasteiger partial charge is 0.480 e. The molecule has 0 radical (unpaired) electrons. The quantitative estimate of drug-likeness (QED) is 0.638. The lowest BCUT2D eigenvalue weighted by molar-refractivity contribution is -0.138. The van der Waals surface area contributed by atoms with Crippen molar-refractivity contribution >= 4 is 12.1 Å². The smallest absolute Gasteiger partial charge is 0.410 e. The zero-order chi connectivity index (χ0) is 13.7. The minimum Gasteiger partial charge on any atom is -0.480 e. The Labute approximate surface area is 105 Å². The van der Waals surface area contributed by atoms with Gasteiger partial charge in [0.25, 0.3) is 0 Å². The number of carboxylic acids is 1. The van der Waals surface area contributed by atoms with Crippen LogP contribution in [0.15, 0.2) is 12.7 Å². The van der Waals surface area contributed by atoms with E-state index in [0.29, 0.717) is 0 Å². The lowest BCUT2D eigenvalue weighted by Gasteiger charge is -2.24. The standard InChI is InChI=1S/C11H18N2O5/c1-3-4-18-11(17)13-5-8(9(14)6-13)12(2)7-10(15)16/h3,8-9,14H,1,4-7H2,2H3,(H,15,16)/t8-,9-/m1/s1. The van der Waals surface area contributed by atoms with E-state index in [2.05, 4.69) is 6.58 Å². The fourth-order valence-electron chi connectivity index (χ4n) is 1.90. The number of hydrogen-bond acceptors (Lipinski definition) is 5. The molecule has 2 atom stereocenters. The summed E-state index contributed by atoms with van der Waals surface area (Å²) in [5.41, 5.74) is 0. The minimum atomic E-state index is -0.975. The van der Waals surface area contributed by atoms with E-state index in [-0.39, 0.29) is 26.2 Å². The first kappa shape index (κ1) is 14.5. The van der Waals surface area contributed by atoms with Crippen LogP contribution in [-0.4, -0.2) is 77.5 Å². The van der Waals surface area contributed by atoms with Gasteiger partial charge in [-0.2, -0.15) is 0 Å². The van der Waals surface area contributed by atoms with E-state index < -0.39 is 24.2 Å². The molecular weight excluding hydrogens is 240 g/mol. The van der Waals surface area contributed by atoms with Gasteiger partial charge >= 0.3 is 12.1 Å². The van der Waals surface area contributed by atoms with Crippen molar-refractivity contribution in [1.82, 2.24) is 9.80 Å². The highest BCUT2D eigenvalue weighted by Crippen LogP contribution is 2.16. The lowest BCUT2D eigenvalue weighted by Crippen LogP contribution is -2.43. The van der Waals surface area contributed by atoms with Gasteiger partial charge in [0.05, 0.1) is 25.2 Å². The molecule has 1 fully saturated rings. The normalized spacial score (nSPS) is 23.2. The van der Waals surface area contributed by atoms with E-state index in [9.17, 15) is 14.7 Å². The number of hydrogen-bond donors (Lipinski definition) is 2. The molecule has 1 aliphatic rings. The molecule has 1 rings (SSSR count). The van der Waals surface area contributed by atoms with Crippen molar-refractivity contribution in [2.45, 2.75) is 12.1 Å². The van der Waals surface area contributed by atoms with Crippen molar-refractivity contribution in [2.75, 3.05) is 33.3 Å². The average molecular weight is 258 g/mol. The number of nitrogens with zero attached hydrogens (tertiary/aromatic N) is 2. The van der Waals surface area contributed by atoms with E-state index in [4.69, 9.17) is 9.84 Å². The van der Waals surface area contributed by atoms with Crippen molar-refractivity contribution in [3.05, 3.63) is 12.7 Å². The predicted octanol–water partition coefficient (Wildman–Crippen LogP) is -0.629. The molecule has 0 aliphatic carbocycles. The van der Waals surface area contributed by atoms with Crippen LogP contribution in [0, 0.1) is 0 Å². The van der Waals surface area contributed by atoms with E-state index >= 15 is 0 Å². The summed E-state index contributed by atoms with van der Waals surface area (Å²) < 4.78 is 4.86. The molecule has 7 heteroatoms. The van der Waals surface area contributed by atoms with Crippen molar-refractivity contribution < 1.29 is 24.5 Å². The highest BCUT2D eigenvalue weighted by molar-refractivity contribution is 5.69. The third kappa shape index (κ3) is 3.71. The second kappa shape index (κ2) is 6.36. The molecule has 1 amide bonds. The molecule has 0 saturated carbocycles. The zero-order valence-corrected chi connectivity index (χ0v) is 10.3. The fourth-order valence-corrected chi connectivity index (χ4v) is 1.90. The van der Waals surface area contributed by atoms with E-state index in [1.165, 1.54) is 15.9 Å². The number of carboxylic acid groups (broad SMARTS) is 1. The summed E-state index contributed by atoms with van der Waals surface area (Å²) in [6.45, 7) is 3.75. The second-order valence-electron chi connectivity index (χ2n) is 4.21. The number of β-amino-alcohol motifs (C(OH)–C–C–N with tert-alkyl or cyclic N) is 1. The first-order valence-corrected chi connectivity index (χ1v) is 5.58. The van der Waals surface area contributed by atoms with Crippen molar-refractivity contribution in [3.63, 3.8) is 0 Å². The molecule has 102 valence electrons. The van der Waals surface area contributed by atoms with Crippen LogP contribution < -0.4 is 0 Å². The number of aliphatic hydroxyl groups is 1. The number of likely N-dealkylation sites (N-methyl/N-ethyl adjacent to an activating group) is 1. The zero-order valence-electron chi connectivity index (χ0n) is 10.3. The third-order valence-electron chi connectivity index (χ3n) is 2.79. The molecule has 2 N–H and O–H groups in total. The molecule has 7 nitrogen and oxygen atoms in total. The Morgan fingerprint density at radius 3 is 2.78 bits per heavy atom. The number of ether oxygens (including phenoxy) is 1.